The van der Waals surface area contributed by atoms with Crippen LogP contribution < -0.4 is 5.32 Å². The van der Waals surface area contributed by atoms with Gasteiger partial charge in [-0.15, -0.1) is 0 Å². The van der Waals surface area contributed by atoms with E-state index >= 15 is 0 Å². The first-order valence-corrected chi connectivity index (χ1v) is 7.69. The molecule has 0 atom stereocenters. The zero-order valence-electron chi connectivity index (χ0n) is 11.3. The van der Waals surface area contributed by atoms with Gasteiger partial charge in [-0.05, 0) is 32.1 Å². The molecular formula is C13H19N3O2S. The zero-order valence-corrected chi connectivity index (χ0v) is 12.1. The first-order valence-electron chi connectivity index (χ1n) is 6.46. The van der Waals surface area contributed by atoms with E-state index < -0.39 is 4.92 Å². The second-order valence-electron chi connectivity index (χ2n) is 5.06. The maximum Gasteiger partial charge on any atom is 0.290 e. The molecule has 1 heterocycles. The Morgan fingerprint density at radius 1 is 1.53 bits per heavy atom. The van der Waals surface area contributed by atoms with Crippen LogP contribution in [0.1, 0.15) is 31.2 Å². The second kappa shape index (κ2) is 5.77. The summed E-state index contributed by atoms with van der Waals surface area (Å²) in [6, 6.07) is 1.75. The van der Waals surface area contributed by atoms with Crippen LogP contribution in [0, 0.1) is 17.0 Å². The van der Waals surface area contributed by atoms with E-state index in [-0.39, 0.29) is 5.69 Å². The molecule has 104 valence electrons. The minimum atomic E-state index is -0.396. The Kier molecular flexibility index (Phi) is 4.29. The highest BCUT2D eigenvalue weighted by atomic mass is 32.2. The minimum absolute atomic E-state index is 0.0750. The van der Waals surface area contributed by atoms with Crippen LogP contribution >= 0.6 is 11.8 Å². The molecule has 0 spiro atoms. The summed E-state index contributed by atoms with van der Waals surface area (Å²) in [6.07, 6.45) is 8.52. The molecule has 1 aromatic heterocycles. The van der Waals surface area contributed by atoms with Crippen LogP contribution in [0.5, 0.6) is 0 Å². The van der Waals surface area contributed by atoms with Crippen molar-refractivity contribution in [2.24, 2.45) is 0 Å². The third-order valence-electron chi connectivity index (χ3n) is 3.82. The number of rotatable bonds is 5. The Labute approximate surface area is 117 Å². The van der Waals surface area contributed by atoms with Gasteiger partial charge in [0.15, 0.2) is 0 Å². The number of hydrogen-bond donors (Lipinski definition) is 1. The fourth-order valence-corrected chi connectivity index (χ4v) is 3.47. The average molecular weight is 281 g/mol. The van der Waals surface area contributed by atoms with Gasteiger partial charge in [-0.3, -0.25) is 10.1 Å². The fraction of sp³-hybridized carbons (Fsp3) is 0.615. The summed E-state index contributed by atoms with van der Waals surface area (Å²) in [5.74, 6) is 0.725. The molecule has 0 unspecified atom stereocenters. The predicted octanol–water partition coefficient (Wildman–Crippen LogP) is 3.39. The number of anilines is 1. The molecule has 1 fully saturated rings. The molecule has 1 aliphatic rings. The number of aryl methyl sites for hydroxylation is 1. The van der Waals surface area contributed by atoms with E-state index in [1.54, 1.807) is 13.0 Å². The molecule has 0 aliphatic heterocycles. The van der Waals surface area contributed by atoms with Crippen LogP contribution in [-0.4, -0.2) is 27.5 Å². The molecule has 19 heavy (non-hydrogen) atoms. The van der Waals surface area contributed by atoms with Crippen LogP contribution in [0.3, 0.4) is 0 Å². The SMILES string of the molecule is CSC1(CNc2cc(C)c([N+](=O)[O-])cn2)CCCC1. The first kappa shape index (κ1) is 14.1. The number of hydrogen-bond acceptors (Lipinski definition) is 5. The lowest BCUT2D eigenvalue weighted by Gasteiger charge is -2.27. The van der Waals surface area contributed by atoms with E-state index in [1.165, 1.54) is 31.9 Å². The average Bonchev–Trinajstić information content (AvgIpc) is 2.85. The number of aromatic nitrogens is 1. The van der Waals surface area contributed by atoms with Crippen molar-refractivity contribution in [3.63, 3.8) is 0 Å². The zero-order chi connectivity index (χ0) is 13.9. The molecule has 1 saturated carbocycles. The quantitative estimate of drug-likeness (QED) is 0.662. The molecule has 1 aromatic rings. The van der Waals surface area contributed by atoms with Crippen molar-refractivity contribution >= 4 is 23.3 Å². The van der Waals surface area contributed by atoms with Gasteiger partial charge < -0.3 is 5.32 Å². The van der Waals surface area contributed by atoms with Gasteiger partial charge in [0.2, 0.25) is 0 Å². The van der Waals surface area contributed by atoms with Crippen LogP contribution in [0.4, 0.5) is 11.5 Å². The lowest BCUT2D eigenvalue weighted by atomic mass is 10.1. The predicted molar refractivity (Wildman–Crippen MR) is 78.8 cm³/mol. The largest absolute Gasteiger partial charge is 0.369 e. The summed E-state index contributed by atoms with van der Waals surface area (Å²) < 4.78 is 0.303. The van der Waals surface area contributed by atoms with E-state index in [0.717, 1.165) is 12.4 Å². The molecule has 0 radical (unpaired) electrons. The van der Waals surface area contributed by atoms with Gasteiger partial charge >= 0.3 is 0 Å². The normalized spacial score (nSPS) is 17.4. The maximum absolute atomic E-state index is 10.7. The Morgan fingerprint density at radius 2 is 2.21 bits per heavy atom. The van der Waals surface area contributed by atoms with Crippen molar-refractivity contribution < 1.29 is 4.92 Å². The van der Waals surface area contributed by atoms with Crippen molar-refractivity contribution in [2.75, 3.05) is 18.1 Å². The van der Waals surface area contributed by atoms with Gasteiger partial charge in [-0.2, -0.15) is 11.8 Å². The topological polar surface area (TPSA) is 68.1 Å². The van der Waals surface area contributed by atoms with Crippen LogP contribution in [0.2, 0.25) is 0 Å². The third-order valence-corrected chi connectivity index (χ3v) is 5.24. The number of nitro groups is 1. The van der Waals surface area contributed by atoms with Crippen molar-refractivity contribution in [3.05, 3.63) is 27.9 Å². The molecule has 0 amide bonds. The molecule has 0 saturated heterocycles. The summed E-state index contributed by atoms with van der Waals surface area (Å²) in [5, 5.41) is 14.1. The van der Waals surface area contributed by atoms with E-state index in [9.17, 15) is 10.1 Å². The highest BCUT2D eigenvalue weighted by molar-refractivity contribution is 8.00. The van der Waals surface area contributed by atoms with E-state index in [4.69, 9.17) is 0 Å². The fourth-order valence-electron chi connectivity index (χ4n) is 2.56. The highest BCUT2D eigenvalue weighted by Crippen LogP contribution is 2.40. The third kappa shape index (κ3) is 3.18. The van der Waals surface area contributed by atoms with Gasteiger partial charge in [-0.1, -0.05) is 12.8 Å². The number of nitrogens with one attached hydrogen (secondary N) is 1. The molecule has 6 heteroatoms. The number of thioether (sulfide) groups is 1. The van der Waals surface area contributed by atoms with Gasteiger partial charge in [0, 0.05) is 16.9 Å². The maximum atomic E-state index is 10.7. The standard InChI is InChI=1S/C13H19N3O2S/c1-10-7-12(14-8-11(10)16(17)18)15-9-13(19-2)5-3-4-6-13/h7-8H,3-6,9H2,1-2H3,(H,14,15). The van der Waals surface area contributed by atoms with E-state index in [0.29, 0.717) is 10.3 Å². The molecule has 2 rings (SSSR count). The first-order chi connectivity index (χ1) is 9.06. The summed E-state index contributed by atoms with van der Waals surface area (Å²) in [6.45, 7) is 2.61. The summed E-state index contributed by atoms with van der Waals surface area (Å²) >= 11 is 1.91. The Morgan fingerprint density at radius 3 is 2.74 bits per heavy atom. The van der Waals surface area contributed by atoms with Gasteiger partial charge in [-0.25, -0.2) is 4.98 Å². The van der Waals surface area contributed by atoms with Crippen LogP contribution in [0.25, 0.3) is 0 Å². The summed E-state index contributed by atoms with van der Waals surface area (Å²) in [7, 11) is 0. The van der Waals surface area contributed by atoms with Crippen molar-refractivity contribution in [2.45, 2.75) is 37.4 Å². The number of nitrogens with zero attached hydrogens (tertiary/aromatic N) is 2. The monoisotopic (exact) mass is 281 g/mol. The molecule has 0 aromatic carbocycles. The Bertz CT molecular complexity index is 473. The number of pyridine rings is 1. The van der Waals surface area contributed by atoms with E-state index in [1.807, 2.05) is 11.8 Å². The Hall–Kier alpha value is -1.30. The van der Waals surface area contributed by atoms with Crippen LogP contribution in [-0.2, 0) is 0 Å². The Balaban J connectivity index is 2.03. The van der Waals surface area contributed by atoms with Gasteiger partial charge in [0.25, 0.3) is 5.69 Å². The summed E-state index contributed by atoms with van der Waals surface area (Å²) in [4.78, 5) is 14.5. The van der Waals surface area contributed by atoms with Crippen molar-refractivity contribution in [1.29, 1.82) is 0 Å². The van der Waals surface area contributed by atoms with Crippen LogP contribution in [0.15, 0.2) is 12.3 Å². The van der Waals surface area contributed by atoms with Gasteiger partial charge in [0.05, 0.1) is 4.92 Å². The minimum Gasteiger partial charge on any atom is -0.369 e. The van der Waals surface area contributed by atoms with Crippen molar-refractivity contribution in [3.8, 4) is 0 Å². The smallest absolute Gasteiger partial charge is 0.290 e. The lowest BCUT2D eigenvalue weighted by Crippen LogP contribution is -2.30. The highest BCUT2D eigenvalue weighted by Gasteiger charge is 2.32. The van der Waals surface area contributed by atoms with E-state index in [2.05, 4.69) is 16.6 Å². The molecule has 0 bridgehead atoms. The molecular weight excluding hydrogens is 262 g/mol. The molecule has 1 aliphatic carbocycles. The summed E-state index contributed by atoms with van der Waals surface area (Å²) in [5.41, 5.74) is 0.720. The molecule has 5 nitrogen and oxygen atoms in total. The lowest BCUT2D eigenvalue weighted by molar-refractivity contribution is -0.385. The molecule has 1 N–H and O–H groups in total. The van der Waals surface area contributed by atoms with Crippen molar-refractivity contribution in [1.82, 2.24) is 4.98 Å². The van der Waals surface area contributed by atoms with Gasteiger partial charge in [0.1, 0.15) is 12.0 Å². The second-order valence-corrected chi connectivity index (χ2v) is 6.34.